The maximum absolute atomic E-state index is 9.90. The molecule has 1 unspecified atom stereocenters. The van der Waals surface area contributed by atoms with E-state index in [0.29, 0.717) is 11.7 Å². The van der Waals surface area contributed by atoms with Crippen molar-refractivity contribution in [3.05, 3.63) is 24.0 Å². The fourth-order valence-electron chi connectivity index (χ4n) is 2.71. The first-order chi connectivity index (χ1) is 6.23. The van der Waals surface area contributed by atoms with Gasteiger partial charge in [0.2, 0.25) is 0 Å². The van der Waals surface area contributed by atoms with E-state index in [0.717, 1.165) is 6.42 Å². The summed E-state index contributed by atoms with van der Waals surface area (Å²) in [4.78, 5) is 0. The second kappa shape index (κ2) is 3.21. The quantitative estimate of drug-likeness (QED) is 0.650. The molecule has 1 N–H and O–H groups in total. The molecule has 1 saturated carbocycles. The van der Waals surface area contributed by atoms with E-state index in [-0.39, 0.29) is 5.41 Å². The number of allylic oxidation sites excluding steroid dienone is 4. The molecule has 0 aliphatic heterocycles. The highest BCUT2D eigenvalue weighted by atomic mass is 16.3. The molecule has 1 fully saturated rings. The van der Waals surface area contributed by atoms with Crippen LogP contribution in [0.15, 0.2) is 24.0 Å². The summed E-state index contributed by atoms with van der Waals surface area (Å²) in [5.41, 5.74) is 0.0469. The van der Waals surface area contributed by atoms with Crippen molar-refractivity contribution in [3.63, 3.8) is 0 Å². The third-order valence-electron chi connectivity index (χ3n) is 3.77. The standard InChI is InChI=1S/C12H18O/c1-12(10-6-2-3-7-10)9-5-4-8-11(12)13/h4-5,8,10,13H,2-3,6-7,9H2,1H3. The van der Waals surface area contributed by atoms with Crippen LogP contribution in [0.1, 0.15) is 39.0 Å². The van der Waals surface area contributed by atoms with Crippen molar-refractivity contribution >= 4 is 0 Å². The highest BCUT2D eigenvalue weighted by Crippen LogP contribution is 2.47. The fourth-order valence-corrected chi connectivity index (χ4v) is 2.71. The van der Waals surface area contributed by atoms with Crippen LogP contribution in [-0.2, 0) is 0 Å². The first kappa shape index (κ1) is 8.86. The second-order valence-electron chi connectivity index (χ2n) is 4.58. The lowest BCUT2D eigenvalue weighted by Gasteiger charge is -2.35. The van der Waals surface area contributed by atoms with E-state index in [9.17, 15) is 5.11 Å². The average Bonchev–Trinajstić information content (AvgIpc) is 2.63. The van der Waals surface area contributed by atoms with Crippen LogP contribution < -0.4 is 0 Å². The molecule has 0 radical (unpaired) electrons. The van der Waals surface area contributed by atoms with Gasteiger partial charge in [-0.1, -0.05) is 31.9 Å². The van der Waals surface area contributed by atoms with Gasteiger partial charge in [0.15, 0.2) is 0 Å². The zero-order valence-corrected chi connectivity index (χ0v) is 8.29. The molecular weight excluding hydrogens is 160 g/mol. The van der Waals surface area contributed by atoms with E-state index in [2.05, 4.69) is 13.0 Å². The molecular formula is C12H18O. The van der Waals surface area contributed by atoms with Crippen molar-refractivity contribution in [2.45, 2.75) is 39.0 Å². The zero-order valence-electron chi connectivity index (χ0n) is 8.29. The van der Waals surface area contributed by atoms with Crippen LogP contribution in [0.5, 0.6) is 0 Å². The maximum atomic E-state index is 9.90. The van der Waals surface area contributed by atoms with Gasteiger partial charge in [-0.3, -0.25) is 0 Å². The summed E-state index contributed by atoms with van der Waals surface area (Å²) in [6.07, 6.45) is 12.3. The molecule has 1 nitrogen and oxygen atoms in total. The molecule has 0 saturated heterocycles. The summed E-state index contributed by atoms with van der Waals surface area (Å²) in [5.74, 6) is 1.30. The summed E-state index contributed by atoms with van der Waals surface area (Å²) < 4.78 is 0. The number of aliphatic hydroxyl groups excluding tert-OH is 1. The van der Waals surface area contributed by atoms with Crippen molar-refractivity contribution in [1.82, 2.24) is 0 Å². The Morgan fingerprint density at radius 1 is 1.38 bits per heavy atom. The minimum Gasteiger partial charge on any atom is -0.512 e. The van der Waals surface area contributed by atoms with Gasteiger partial charge >= 0.3 is 0 Å². The third-order valence-corrected chi connectivity index (χ3v) is 3.77. The Labute approximate surface area is 80.2 Å². The maximum Gasteiger partial charge on any atom is 0.0987 e. The van der Waals surface area contributed by atoms with Gasteiger partial charge in [-0.2, -0.15) is 0 Å². The molecule has 0 bridgehead atoms. The number of aliphatic hydroxyl groups is 1. The molecule has 0 heterocycles. The predicted molar refractivity (Wildman–Crippen MR) is 54.5 cm³/mol. The smallest absolute Gasteiger partial charge is 0.0987 e. The first-order valence-electron chi connectivity index (χ1n) is 5.30. The van der Waals surface area contributed by atoms with E-state index in [1.165, 1.54) is 25.7 Å². The first-order valence-corrected chi connectivity index (χ1v) is 5.30. The van der Waals surface area contributed by atoms with Crippen LogP contribution in [0.3, 0.4) is 0 Å². The minimum atomic E-state index is 0.0469. The van der Waals surface area contributed by atoms with Gasteiger partial charge in [0.1, 0.15) is 0 Å². The number of hydrogen-bond donors (Lipinski definition) is 1. The minimum absolute atomic E-state index is 0.0469. The Bertz CT molecular complexity index is 246. The molecule has 0 aromatic rings. The van der Waals surface area contributed by atoms with Gasteiger partial charge in [-0.25, -0.2) is 0 Å². The SMILES string of the molecule is CC1(C2CCCC2)CC=CC=C1O. The van der Waals surface area contributed by atoms with Gasteiger partial charge in [0.05, 0.1) is 5.76 Å². The van der Waals surface area contributed by atoms with Gasteiger partial charge in [0.25, 0.3) is 0 Å². The van der Waals surface area contributed by atoms with E-state index in [4.69, 9.17) is 0 Å². The normalized spacial score (nSPS) is 35.0. The molecule has 1 atom stereocenters. The second-order valence-corrected chi connectivity index (χ2v) is 4.58. The van der Waals surface area contributed by atoms with Crippen molar-refractivity contribution in [2.75, 3.05) is 0 Å². The summed E-state index contributed by atoms with van der Waals surface area (Å²) in [5, 5.41) is 9.90. The monoisotopic (exact) mass is 178 g/mol. The Kier molecular flexibility index (Phi) is 2.19. The highest BCUT2D eigenvalue weighted by Gasteiger charge is 2.39. The van der Waals surface area contributed by atoms with Crippen LogP contribution in [0.25, 0.3) is 0 Å². The Hall–Kier alpha value is -0.720. The van der Waals surface area contributed by atoms with E-state index < -0.39 is 0 Å². The van der Waals surface area contributed by atoms with Crippen LogP contribution >= 0.6 is 0 Å². The summed E-state index contributed by atoms with van der Waals surface area (Å²) in [7, 11) is 0. The van der Waals surface area contributed by atoms with Crippen molar-refractivity contribution in [2.24, 2.45) is 11.3 Å². The Morgan fingerprint density at radius 3 is 2.69 bits per heavy atom. The Balaban J connectivity index is 2.19. The molecule has 2 rings (SSSR count). The largest absolute Gasteiger partial charge is 0.512 e. The average molecular weight is 178 g/mol. The third kappa shape index (κ3) is 1.41. The van der Waals surface area contributed by atoms with Crippen LogP contribution in [0, 0.1) is 11.3 Å². The van der Waals surface area contributed by atoms with Gasteiger partial charge in [-0.05, 0) is 31.3 Å². The lowest BCUT2D eigenvalue weighted by molar-refractivity contribution is 0.155. The zero-order chi connectivity index (χ0) is 9.31. The highest BCUT2D eigenvalue weighted by molar-refractivity contribution is 5.21. The summed E-state index contributed by atoms with van der Waals surface area (Å²) in [6, 6.07) is 0. The van der Waals surface area contributed by atoms with Crippen LogP contribution in [0.2, 0.25) is 0 Å². The molecule has 2 aliphatic rings. The molecule has 0 amide bonds. The van der Waals surface area contributed by atoms with Gasteiger partial charge < -0.3 is 5.11 Å². The molecule has 0 aromatic carbocycles. The van der Waals surface area contributed by atoms with E-state index in [1.54, 1.807) is 0 Å². The summed E-state index contributed by atoms with van der Waals surface area (Å²) >= 11 is 0. The van der Waals surface area contributed by atoms with E-state index in [1.807, 2.05) is 12.2 Å². The molecule has 13 heavy (non-hydrogen) atoms. The predicted octanol–water partition coefficient (Wildman–Crippen LogP) is 3.58. The van der Waals surface area contributed by atoms with Gasteiger partial charge in [-0.15, -0.1) is 0 Å². The van der Waals surface area contributed by atoms with Crippen LogP contribution in [-0.4, -0.2) is 5.11 Å². The molecule has 1 heteroatoms. The topological polar surface area (TPSA) is 20.2 Å². The molecule has 2 aliphatic carbocycles. The number of hydrogen-bond acceptors (Lipinski definition) is 1. The molecule has 0 aromatic heterocycles. The lowest BCUT2D eigenvalue weighted by Crippen LogP contribution is -2.28. The van der Waals surface area contributed by atoms with Crippen LogP contribution in [0.4, 0.5) is 0 Å². The van der Waals surface area contributed by atoms with Crippen molar-refractivity contribution in [1.29, 1.82) is 0 Å². The Morgan fingerprint density at radius 2 is 2.08 bits per heavy atom. The fraction of sp³-hybridized carbons (Fsp3) is 0.667. The summed E-state index contributed by atoms with van der Waals surface area (Å²) in [6.45, 7) is 2.21. The molecule has 72 valence electrons. The van der Waals surface area contributed by atoms with Crippen molar-refractivity contribution in [3.8, 4) is 0 Å². The van der Waals surface area contributed by atoms with Crippen molar-refractivity contribution < 1.29 is 5.11 Å². The molecule has 0 spiro atoms. The van der Waals surface area contributed by atoms with E-state index >= 15 is 0 Å². The van der Waals surface area contributed by atoms with Gasteiger partial charge in [0, 0.05) is 5.41 Å². The lowest BCUT2D eigenvalue weighted by atomic mass is 9.70. The number of rotatable bonds is 1.